The number of amides is 1. The molecule has 2 rings (SSSR count). The van der Waals surface area contributed by atoms with Crippen LogP contribution in [0.4, 0.5) is 11.5 Å². The fraction of sp³-hybridized carbons (Fsp3) is 0.583. The molecule has 0 bridgehead atoms. The lowest BCUT2D eigenvalue weighted by Gasteiger charge is -2.24. The van der Waals surface area contributed by atoms with Crippen LogP contribution >= 0.6 is 11.8 Å². The summed E-state index contributed by atoms with van der Waals surface area (Å²) < 4.78 is 3.32. The lowest BCUT2D eigenvalue weighted by Crippen LogP contribution is -2.41. The monoisotopic (exact) mass is 491 g/mol. The van der Waals surface area contributed by atoms with E-state index in [1.165, 1.54) is 21.2 Å². The number of carbonyl (C=O) groups is 2. The van der Waals surface area contributed by atoms with Crippen molar-refractivity contribution < 1.29 is 9.59 Å². The molecule has 2 heterocycles. The van der Waals surface area contributed by atoms with E-state index in [9.17, 15) is 19.2 Å². The quantitative estimate of drug-likeness (QED) is 0.328. The third kappa shape index (κ3) is 6.43. The molecule has 0 aliphatic heterocycles. The largest absolute Gasteiger partial charge is 0.383 e. The molecule has 0 aromatic carbocycles. The van der Waals surface area contributed by atoms with Crippen LogP contribution in [0.2, 0.25) is 0 Å². The highest BCUT2D eigenvalue weighted by Crippen LogP contribution is 2.20. The van der Waals surface area contributed by atoms with E-state index in [4.69, 9.17) is 5.73 Å². The van der Waals surface area contributed by atoms with Crippen molar-refractivity contribution >= 4 is 35.0 Å². The highest BCUT2D eigenvalue weighted by molar-refractivity contribution is 7.99. The first-order valence-corrected chi connectivity index (χ1v) is 13.0. The first-order chi connectivity index (χ1) is 16.1. The Morgan fingerprint density at radius 2 is 1.85 bits per heavy atom. The average molecular weight is 492 g/mol. The smallest absolute Gasteiger partial charge is 0.330 e. The summed E-state index contributed by atoms with van der Waals surface area (Å²) in [6.45, 7) is 8.52. The number of unbranched alkanes of at least 4 members (excludes halogenated alkanes) is 1. The SMILES string of the molecule is CCCCn1c(N)c(N(CCC)C(=O)CCCSCC(=O)c2cc(C)n(C)c2C)c(=O)[nH]c1=O. The van der Waals surface area contributed by atoms with Crippen molar-refractivity contribution in [2.24, 2.45) is 7.05 Å². The molecule has 2 aromatic rings. The number of H-pyrrole nitrogens is 1. The molecule has 0 saturated heterocycles. The van der Waals surface area contributed by atoms with Crippen LogP contribution in [0, 0.1) is 13.8 Å². The van der Waals surface area contributed by atoms with Crippen LogP contribution in [-0.4, -0.2) is 43.9 Å². The van der Waals surface area contributed by atoms with Crippen LogP contribution in [0.5, 0.6) is 0 Å². The van der Waals surface area contributed by atoms with Crippen LogP contribution in [0.3, 0.4) is 0 Å². The number of nitrogens with two attached hydrogens (primary N) is 1. The van der Waals surface area contributed by atoms with Gasteiger partial charge >= 0.3 is 5.69 Å². The minimum absolute atomic E-state index is 0.0255. The Kier molecular flexibility index (Phi) is 10.2. The molecule has 0 spiro atoms. The summed E-state index contributed by atoms with van der Waals surface area (Å²) >= 11 is 1.50. The second-order valence-electron chi connectivity index (χ2n) is 8.47. The van der Waals surface area contributed by atoms with Gasteiger partial charge in [-0.1, -0.05) is 20.3 Å². The summed E-state index contributed by atoms with van der Waals surface area (Å²) in [6.07, 6.45) is 3.02. The molecule has 188 valence electrons. The van der Waals surface area contributed by atoms with Gasteiger partial charge in [0.05, 0.1) is 5.75 Å². The summed E-state index contributed by atoms with van der Waals surface area (Å²) in [6, 6.07) is 1.91. The van der Waals surface area contributed by atoms with Gasteiger partial charge in [-0.05, 0) is 44.9 Å². The lowest BCUT2D eigenvalue weighted by molar-refractivity contribution is -0.118. The van der Waals surface area contributed by atoms with Gasteiger partial charge in [-0.2, -0.15) is 11.8 Å². The fourth-order valence-electron chi connectivity index (χ4n) is 3.80. The molecule has 2 aromatic heterocycles. The summed E-state index contributed by atoms with van der Waals surface area (Å²) in [7, 11) is 1.94. The topological polar surface area (TPSA) is 123 Å². The highest BCUT2D eigenvalue weighted by atomic mass is 32.2. The molecule has 3 N–H and O–H groups in total. The van der Waals surface area contributed by atoms with Gasteiger partial charge in [0.15, 0.2) is 11.5 Å². The van der Waals surface area contributed by atoms with Gasteiger partial charge in [-0.15, -0.1) is 0 Å². The Hall–Kier alpha value is -2.75. The van der Waals surface area contributed by atoms with Crippen LogP contribution in [0.25, 0.3) is 0 Å². The molecule has 10 heteroatoms. The Morgan fingerprint density at radius 3 is 2.44 bits per heavy atom. The average Bonchev–Trinajstić information content (AvgIpc) is 3.05. The second-order valence-corrected chi connectivity index (χ2v) is 9.57. The molecule has 0 unspecified atom stereocenters. The van der Waals surface area contributed by atoms with E-state index >= 15 is 0 Å². The Bertz CT molecular complexity index is 1130. The number of aromatic nitrogens is 3. The van der Waals surface area contributed by atoms with E-state index in [-0.39, 0.29) is 29.6 Å². The Labute approximate surface area is 204 Å². The van der Waals surface area contributed by atoms with Crippen LogP contribution < -0.4 is 21.9 Å². The van der Waals surface area contributed by atoms with E-state index in [1.807, 2.05) is 45.4 Å². The van der Waals surface area contributed by atoms with Crippen molar-refractivity contribution in [1.82, 2.24) is 14.1 Å². The molecular weight excluding hydrogens is 454 g/mol. The lowest BCUT2D eigenvalue weighted by atomic mass is 10.2. The van der Waals surface area contributed by atoms with Gasteiger partial charge in [0.2, 0.25) is 5.91 Å². The van der Waals surface area contributed by atoms with Gasteiger partial charge in [0.1, 0.15) is 5.82 Å². The number of thioether (sulfide) groups is 1. The summed E-state index contributed by atoms with van der Waals surface area (Å²) in [4.78, 5) is 54.0. The molecule has 0 saturated carbocycles. The predicted octanol–water partition coefficient (Wildman–Crippen LogP) is 3.01. The number of nitrogens with one attached hydrogen (secondary N) is 1. The molecule has 0 radical (unpaired) electrons. The Balaban J connectivity index is 2.02. The second kappa shape index (κ2) is 12.6. The zero-order chi connectivity index (χ0) is 25.4. The third-order valence-electron chi connectivity index (χ3n) is 5.96. The van der Waals surface area contributed by atoms with Crippen molar-refractivity contribution in [3.63, 3.8) is 0 Å². The van der Waals surface area contributed by atoms with Crippen LogP contribution in [0.15, 0.2) is 15.7 Å². The van der Waals surface area contributed by atoms with E-state index in [1.54, 1.807) is 0 Å². The number of aromatic amines is 1. The van der Waals surface area contributed by atoms with Crippen molar-refractivity contribution in [3.8, 4) is 0 Å². The number of Topliss-reactive ketones (excluding diaryl/α,β-unsaturated/α-hetero) is 1. The number of hydrogen-bond acceptors (Lipinski definition) is 6. The van der Waals surface area contributed by atoms with Crippen LogP contribution in [0.1, 0.15) is 67.7 Å². The molecule has 9 nitrogen and oxygen atoms in total. The minimum Gasteiger partial charge on any atom is -0.383 e. The predicted molar refractivity (Wildman–Crippen MR) is 139 cm³/mol. The number of nitrogens with zero attached hydrogens (tertiary/aromatic N) is 3. The van der Waals surface area contributed by atoms with Gasteiger partial charge in [-0.25, -0.2) is 4.79 Å². The standard InChI is InChI=1S/C24H37N5O4S/c1-6-8-12-29-22(25)21(23(32)26-24(29)33)28(11-7-2)20(31)10-9-13-34-15-19(30)18-14-16(3)27(5)17(18)4/h14H,6-13,15,25H2,1-5H3,(H,26,32,33). The number of ketones is 1. The number of rotatable bonds is 13. The van der Waals surface area contributed by atoms with Crippen molar-refractivity contribution in [1.29, 1.82) is 0 Å². The third-order valence-corrected chi connectivity index (χ3v) is 7.00. The van der Waals surface area contributed by atoms with Crippen molar-refractivity contribution in [3.05, 3.63) is 43.9 Å². The van der Waals surface area contributed by atoms with E-state index in [0.29, 0.717) is 37.4 Å². The number of nitrogen functional groups attached to an aromatic ring is 1. The zero-order valence-corrected chi connectivity index (χ0v) is 21.7. The first kappa shape index (κ1) is 27.5. The molecule has 0 atom stereocenters. The van der Waals surface area contributed by atoms with E-state index in [0.717, 1.165) is 29.8 Å². The Morgan fingerprint density at radius 1 is 1.15 bits per heavy atom. The first-order valence-electron chi connectivity index (χ1n) is 11.8. The number of aryl methyl sites for hydroxylation is 1. The fourth-order valence-corrected chi connectivity index (χ4v) is 4.64. The van der Waals surface area contributed by atoms with E-state index < -0.39 is 11.2 Å². The van der Waals surface area contributed by atoms with Gasteiger partial charge in [0, 0.05) is 43.5 Å². The van der Waals surface area contributed by atoms with Crippen LogP contribution in [-0.2, 0) is 18.4 Å². The summed E-state index contributed by atoms with van der Waals surface area (Å²) in [5, 5.41) is 0. The normalized spacial score (nSPS) is 11.1. The molecule has 0 aliphatic rings. The summed E-state index contributed by atoms with van der Waals surface area (Å²) in [5.41, 5.74) is 7.76. The zero-order valence-electron chi connectivity index (χ0n) is 20.9. The number of hydrogen-bond donors (Lipinski definition) is 2. The van der Waals surface area contributed by atoms with Gasteiger partial charge in [0.25, 0.3) is 5.56 Å². The molecule has 1 amide bonds. The van der Waals surface area contributed by atoms with Gasteiger partial charge in [-0.3, -0.25) is 23.9 Å². The van der Waals surface area contributed by atoms with Crippen molar-refractivity contribution in [2.75, 3.05) is 28.7 Å². The van der Waals surface area contributed by atoms with E-state index in [2.05, 4.69) is 4.98 Å². The summed E-state index contributed by atoms with van der Waals surface area (Å²) in [5.74, 6) is 0.883. The molecule has 34 heavy (non-hydrogen) atoms. The maximum Gasteiger partial charge on any atom is 0.330 e. The van der Waals surface area contributed by atoms with Crippen molar-refractivity contribution in [2.45, 2.75) is 66.3 Å². The number of carbonyl (C=O) groups excluding carboxylic acids is 2. The molecule has 0 fully saturated rings. The maximum absolute atomic E-state index is 13.0. The highest BCUT2D eigenvalue weighted by Gasteiger charge is 2.23. The van der Waals surface area contributed by atoms with Gasteiger partial charge < -0.3 is 15.2 Å². The maximum atomic E-state index is 13.0. The molecule has 0 aliphatic carbocycles. The molecular formula is C24H37N5O4S. The minimum atomic E-state index is -0.648. The number of anilines is 2.